The average molecular weight is 216 g/mol. The Balaban J connectivity index is 1.93. The molecule has 1 heterocycles. The zero-order valence-corrected chi connectivity index (χ0v) is 9.37. The Bertz CT molecular complexity index is 175. The second kappa shape index (κ2) is 7.65. The van der Waals surface area contributed by atoms with E-state index in [9.17, 15) is 4.79 Å². The van der Waals surface area contributed by atoms with E-state index in [2.05, 4.69) is 0 Å². The van der Waals surface area contributed by atoms with Crippen LogP contribution < -0.4 is 0 Å². The Morgan fingerprint density at radius 3 is 2.73 bits per heavy atom. The summed E-state index contributed by atoms with van der Waals surface area (Å²) in [5.41, 5.74) is 0. The van der Waals surface area contributed by atoms with E-state index in [0.717, 1.165) is 38.9 Å². The molecule has 0 amide bonds. The van der Waals surface area contributed by atoms with E-state index in [0.29, 0.717) is 13.0 Å². The van der Waals surface area contributed by atoms with Gasteiger partial charge < -0.3 is 14.2 Å². The van der Waals surface area contributed by atoms with Crippen LogP contribution in [0.1, 0.15) is 39.0 Å². The number of hydrogen-bond donors (Lipinski definition) is 0. The predicted octanol–water partition coefficient (Wildman–Crippen LogP) is 1.87. The minimum Gasteiger partial charge on any atom is -0.466 e. The van der Waals surface area contributed by atoms with Gasteiger partial charge in [0.15, 0.2) is 6.29 Å². The van der Waals surface area contributed by atoms with E-state index in [4.69, 9.17) is 14.2 Å². The summed E-state index contributed by atoms with van der Waals surface area (Å²) in [5.74, 6) is -0.108. The Labute approximate surface area is 90.9 Å². The van der Waals surface area contributed by atoms with Crippen LogP contribution in [0, 0.1) is 0 Å². The molecular weight excluding hydrogens is 196 g/mol. The van der Waals surface area contributed by atoms with Crippen molar-refractivity contribution in [3.8, 4) is 0 Å². The molecule has 0 saturated carbocycles. The van der Waals surface area contributed by atoms with Crippen LogP contribution in [0.3, 0.4) is 0 Å². The molecule has 1 fully saturated rings. The molecule has 1 aliphatic heterocycles. The molecule has 0 N–H and O–H groups in total. The van der Waals surface area contributed by atoms with Crippen LogP contribution >= 0.6 is 0 Å². The number of rotatable bonds is 6. The Morgan fingerprint density at radius 2 is 2.07 bits per heavy atom. The highest BCUT2D eigenvalue weighted by Gasteiger charge is 2.13. The molecule has 0 atom stereocenters. The molecule has 0 spiro atoms. The highest BCUT2D eigenvalue weighted by Crippen LogP contribution is 2.12. The maximum atomic E-state index is 11.0. The van der Waals surface area contributed by atoms with E-state index in [1.54, 1.807) is 0 Å². The molecule has 0 aromatic rings. The Kier molecular flexibility index (Phi) is 6.36. The molecular formula is C11H20O4. The van der Waals surface area contributed by atoms with Gasteiger partial charge in [-0.2, -0.15) is 0 Å². The second-order valence-corrected chi connectivity index (χ2v) is 3.58. The molecule has 4 nitrogen and oxygen atoms in total. The van der Waals surface area contributed by atoms with Gasteiger partial charge in [0, 0.05) is 6.42 Å². The van der Waals surface area contributed by atoms with Crippen LogP contribution in [-0.4, -0.2) is 32.1 Å². The number of carbonyl (C=O) groups is 1. The lowest BCUT2D eigenvalue weighted by atomic mass is 10.2. The van der Waals surface area contributed by atoms with Gasteiger partial charge in [0.1, 0.15) is 0 Å². The average Bonchev–Trinajstić information content (AvgIpc) is 2.26. The summed E-state index contributed by atoms with van der Waals surface area (Å²) < 4.78 is 15.6. The van der Waals surface area contributed by atoms with Gasteiger partial charge in [0.2, 0.25) is 0 Å². The maximum Gasteiger partial charge on any atom is 0.305 e. The zero-order chi connectivity index (χ0) is 10.9. The predicted molar refractivity (Wildman–Crippen MR) is 55.4 cm³/mol. The van der Waals surface area contributed by atoms with E-state index in [1.807, 2.05) is 6.92 Å². The van der Waals surface area contributed by atoms with E-state index < -0.39 is 0 Å². The first kappa shape index (κ1) is 12.5. The van der Waals surface area contributed by atoms with Gasteiger partial charge in [-0.15, -0.1) is 0 Å². The first-order valence-corrected chi connectivity index (χ1v) is 5.71. The lowest BCUT2D eigenvalue weighted by molar-refractivity contribution is -0.181. The standard InChI is InChI=1S/C11H20O4/c1-2-13-10(12)6-3-4-7-11-14-8-5-9-15-11/h11H,2-9H2,1H3. The van der Waals surface area contributed by atoms with Crippen molar-refractivity contribution in [2.75, 3.05) is 19.8 Å². The molecule has 15 heavy (non-hydrogen) atoms. The summed E-state index contributed by atoms with van der Waals surface area (Å²) in [6, 6.07) is 0. The van der Waals surface area contributed by atoms with Crippen molar-refractivity contribution in [3.63, 3.8) is 0 Å². The first-order chi connectivity index (χ1) is 7.33. The largest absolute Gasteiger partial charge is 0.466 e. The van der Waals surface area contributed by atoms with Gasteiger partial charge in [-0.25, -0.2) is 0 Å². The molecule has 0 aromatic heterocycles. The minimum absolute atomic E-state index is 0.0547. The van der Waals surface area contributed by atoms with Crippen LogP contribution in [-0.2, 0) is 19.0 Å². The van der Waals surface area contributed by atoms with E-state index in [-0.39, 0.29) is 12.3 Å². The van der Waals surface area contributed by atoms with Gasteiger partial charge in [0.05, 0.1) is 19.8 Å². The highest BCUT2D eigenvalue weighted by atomic mass is 16.7. The van der Waals surface area contributed by atoms with Crippen molar-refractivity contribution in [3.05, 3.63) is 0 Å². The minimum atomic E-state index is -0.108. The number of carbonyl (C=O) groups excluding carboxylic acids is 1. The number of ether oxygens (including phenoxy) is 3. The van der Waals surface area contributed by atoms with Crippen LogP contribution in [0.15, 0.2) is 0 Å². The summed E-state index contributed by atoms with van der Waals surface area (Å²) in [4.78, 5) is 11.0. The normalized spacial score (nSPS) is 17.7. The molecule has 0 bridgehead atoms. The smallest absolute Gasteiger partial charge is 0.305 e. The van der Waals surface area contributed by atoms with Gasteiger partial charge in [-0.1, -0.05) is 0 Å². The van der Waals surface area contributed by atoms with Gasteiger partial charge in [-0.3, -0.25) is 4.79 Å². The Hall–Kier alpha value is -0.610. The van der Waals surface area contributed by atoms with Crippen LogP contribution in [0.25, 0.3) is 0 Å². The number of esters is 1. The fraction of sp³-hybridized carbons (Fsp3) is 0.909. The SMILES string of the molecule is CCOC(=O)CCCCC1OCCCO1. The lowest BCUT2D eigenvalue weighted by Crippen LogP contribution is -2.24. The van der Waals surface area contributed by atoms with E-state index in [1.165, 1.54) is 0 Å². The molecule has 1 saturated heterocycles. The van der Waals surface area contributed by atoms with Crippen LogP contribution in [0.2, 0.25) is 0 Å². The van der Waals surface area contributed by atoms with Gasteiger partial charge in [-0.05, 0) is 32.6 Å². The molecule has 4 heteroatoms. The summed E-state index contributed by atoms with van der Waals surface area (Å²) in [5, 5.41) is 0. The van der Waals surface area contributed by atoms with Crippen molar-refractivity contribution < 1.29 is 19.0 Å². The maximum absolute atomic E-state index is 11.0. The third kappa shape index (κ3) is 5.74. The van der Waals surface area contributed by atoms with Crippen molar-refractivity contribution in [2.45, 2.75) is 45.3 Å². The topological polar surface area (TPSA) is 44.8 Å². The molecule has 0 aliphatic carbocycles. The monoisotopic (exact) mass is 216 g/mol. The molecule has 0 aromatic carbocycles. The third-order valence-corrected chi connectivity index (χ3v) is 2.27. The molecule has 1 rings (SSSR count). The molecule has 0 unspecified atom stereocenters. The van der Waals surface area contributed by atoms with Gasteiger partial charge >= 0.3 is 5.97 Å². The zero-order valence-electron chi connectivity index (χ0n) is 9.37. The number of hydrogen-bond acceptors (Lipinski definition) is 4. The van der Waals surface area contributed by atoms with E-state index >= 15 is 0 Å². The fourth-order valence-corrected chi connectivity index (χ4v) is 1.52. The summed E-state index contributed by atoms with van der Waals surface area (Å²) in [6.45, 7) is 3.88. The molecule has 88 valence electrons. The van der Waals surface area contributed by atoms with Crippen molar-refractivity contribution in [1.82, 2.24) is 0 Å². The summed E-state index contributed by atoms with van der Waals surface area (Å²) in [6.07, 6.45) is 4.10. The molecule has 0 radical (unpaired) electrons. The van der Waals surface area contributed by atoms with Crippen molar-refractivity contribution >= 4 is 5.97 Å². The van der Waals surface area contributed by atoms with Gasteiger partial charge in [0.25, 0.3) is 0 Å². The van der Waals surface area contributed by atoms with Crippen molar-refractivity contribution in [2.24, 2.45) is 0 Å². The van der Waals surface area contributed by atoms with Crippen LogP contribution in [0.5, 0.6) is 0 Å². The van der Waals surface area contributed by atoms with Crippen LogP contribution in [0.4, 0.5) is 0 Å². The second-order valence-electron chi connectivity index (χ2n) is 3.58. The lowest BCUT2D eigenvalue weighted by Gasteiger charge is -2.22. The third-order valence-electron chi connectivity index (χ3n) is 2.27. The summed E-state index contributed by atoms with van der Waals surface area (Å²) in [7, 11) is 0. The number of unbranched alkanes of at least 4 members (excludes halogenated alkanes) is 1. The van der Waals surface area contributed by atoms with Crippen molar-refractivity contribution in [1.29, 1.82) is 0 Å². The first-order valence-electron chi connectivity index (χ1n) is 5.71. The highest BCUT2D eigenvalue weighted by molar-refractivity contribution is 5.69. The fourth-order valence-electron chi connectivity index (χ4n) is 1.52. The quantitative estimate of drug-likeness (QED) is 0.502. The Morgan fingerprint density at radius 1 is 1.33 bits per heavy atom. The molecule has 1 aliphatic rings. The summed E-state index contributed by atoms with van der Waals surface area (Å²) >= 11 is 0.